The number of hydrogen-bond donors (Lipinski definition) is 0. The first-order chi connectivity index (χ1) is 17.1. The molecule has 3 heterocycles. The molecule has 0 spiro atoms. The molecule has 1 saturated carbocycles. The van der Waals surface area contributed by atoms with Crippen LogP contribution in [0.2, 0.25) is 0 Å². The Morgan fingerprint density at radius 2 is 1.83 bits per heavy atom. The van der Waals surface area contributed by atoms with E-state index in [4.69, 9.17) is 9.47 Å². The molecule has 2 unspecified atom stereocenters. The van der Waals surface area contributed by atoms with E-state index < -0.39 is 0 Å². The Hall–Kier alpha value is -2.37. The lowest BCUT2D eigenvalue weighted by molar-refractivity contribution is 0.0426. The average Bonchev–Trinajstić information content (AvgIpc) is 3.57. The number of piperidine rings is 2. The Morgan fingerprint density at radius 3 is 2.54 bits per heavy atom. The van der Waals surface area contributed by atoms with Gasteiger partial charge in [-0.15, -0.1) is 0 Å². The van der Waals surface area contributed by atoms with Gasteiger partial charge in [-0.3, -0.25) is 9.69 Å². The molecule has 2 atom stereocenters. The summed E-state index contributed by atoms with van der Waals surface area (Å²) in [6.07, 6.45) is 9.87. The molecule has 3 aliphatic heterocycles. The molecule has 0 aromatic heterocycles. The van der Waals surface area contributed by atoms with Crippen molar-refractivity contribution in [2.24, 2.45) is 5.92 Å². The second-order valence-electron chi connectivity index (χ2n) is 11.2. The molecule has 5 heteroatoms. The molecule has 2 aromatic rings. The van der Waals surface area contributed by atoms with Crippen molar-refractivity contribution in [2.45, 2.75) is 76.1 Å². The van der Waals surface area contributed by atoms with E-state index in [2.05, 4.69) is 23.1 Å². The number of amides is 1. The molecular formula is C30H38N2O3. The van der Waals surface area contributed by atoms with E-state index in [1.807, 2.05) is 36.2 Å². The number of hydrogen-bond acceptors (Lipinski definition) is 4. The minimum Gasteiger partial charge on any atom is -0.491 e. The number of nitrogens with zero attached hydrogens (tertiary/aromatic N) is 2. The lowest BCUT2D eigenvalue weighted by atomic mass is 9.80. The number of ether oxygens (including phenoxy) is 2. The highest BCUT2D eigenvalue weighted by molar-refractivity contribution is 5.94. The van der Waals surface area contributed by atoms with Crippen LogP contribution in [-0.2, 0) is 24.1 Å². The quantitative estimate of drug-likeness (QED) is 0.575. The molecule has 7 rings (SSSR count). The van der Waals surface area contributed by atoms with Gasteiger partial charge in [-0.25, -0.2) is 0 Å². The van der Waals surface area contributed by atoms with Gasteiger partial charge in [-0.2, -0.15) is 0 Å². The Kier molecular flexibility index (Phi) is 6.55. The Bertz CT molecular complexity index is 1040. The van der Waals surface area contributed by atoms with Crippen LogP contribution in [0.5, 0.6) is 5.75 Å². The maximum absolute atomic E-state index is 13.2. The summed E-state index contributed by atoms with van der Waals surface area (Å²) < 4.78 is 11.5. The predicted molar refractivity (Wildman–Crippen MR) is 137 cm³/mol. The minimum absolute atomic E-state index is 0.0815. The number of carbonyl (C=O) groups is 1. The minimum atomic E-state index is 0.0815. The van der Waals surface area contributed by atoms with Gasteiger partial charge < -0.3 is 14.4 Å². The van der Waals surface area contributed by atoms with Gasteiger partial charge in [0.15, 0.2) is 0 Å². The van der Waals surface area contributed by atoms with Gasteiger partial charge in [-0.1, -0.05) is 18.2 Å². The molecule has 4 fully saturated rings. The lowest BCUT2D eigenvalue weighted by Gasteiger charge is -2.45. The predicted octanol–water partition coefficient (Wildman–Crippen LogP) is 4.86. The molecule has 1 amide bonds. The normalized spacial score (nSPS) is 27.7. The molecule has 0 radical (unpaired) electrons. The second-order valence-corrected chi connectivity index (χ2v) is 11.2. The van der Waals surface area contributed by atoms with Gasteiger partial charge in [0.25, 0.3) is 5.91 Å². The monoisotopic (exact) mass is 474 g/mol. The van der Waals surface area contributed by atoms with Gasteiger partial charge in [0, 0.05) is 44.4 Å². The molecule has 5 nitrogen and oxygen atoms in total. The second kappa shape index (κ2) is 9.94. The maximum Gasteiger partial charge on any atom is 0.253 e. The lowest BCUT2D eigenvalue weighted by Crippen LogP contribution is -2.47. The Balaban J connectivity index is 1.05. The topological polar surface area (TPSA) is 42.0 Å². The number of likely N-dealkylation sites (N-methyl/N-ethyl adjacent to an activating group) is 1. The van der Waals surface area contributed by atoms with Crippen molar-refractivity contribution >= 4 is 5.91 Å². The van der Waals surface area contributed by atoms with Crippen LogP contribution < -0.4 is 4.74 Å². The highest BCUT2D eigenvalue weighted by Gasteiger charge is 2.34. The van der Waals surface area contributed by atoms with Gasteiger partial charge >= 0.3 is 0 Å². The zero-order valence-corrected chi connectivity index (χ0v) is 21.0. The van der Waals surface area contributed by atoms with Crippen LogP contribution in [-0.4, -0.2) is 60.7 Å². The van der Waals surface area contributed by atoms with E-state index in [1.165, 1.54) is 48.9 Å². The van der Waals surface area contributed by atoms with Crippen molar-refractivity contribution in [2.75, 3.05) is 26.8 Å². The van der Waals surface area contributed by atoms with Crippen LogP contribution >= 0.6 is 0 Å². The molecule has 3 saturated heterocycles. The van der Waals surface area contributed by atoms with Crippen LogP contribution in [0.25, 0.3) is 0 Å². The summed E-state index contributed by atoms with van der Waals surface area (Å²) in [5, 5.41) is 0. The summed E-state index contributed by atoms with van der Waals surface area (Å²) >= 11 is 0. The van der Waals surface area contributed by atoms with E-state index in [0.717, 1.165) is 56.5 Å². The van der Waals surface area contributed by atoms with E-state index in [-0.39, 0.29) is 18.1 Å². The molecule has 5 aliphatic rings. The molecular weight excluding hydrogens is 436 g/mol. The van der Waals surface area contributed by atoms with Crippen molar-refractivity contribution in [1.82, 2.24) is 9.80 Å². The van der Waals surface area contributed by atoms with Crippen molar-refractivity contribution in [3.63, 3.8) is 0 Å². The van der Waals surface area contributed by atoms with E-state index in [0.29, 0.717) is 12.2 Å². The van der Waals surface area contributed by atoms with Crippen molar-refractivity contribution in [3.05, 3.63) is 64.7 Å². The fourth-order valence-corrected chi connectivity index (χ4v) is 6.65. The molecule has 186 valence electrons. The first kappa shape index (κ1) is 23.1. The first-order valence-corrected chi connectivity index (χ1v) is 13.6. The molecule has 0 N–H and O–H groups in total. The summed E-state index contributed by atoms with van der Waals surface area (Å²) in [6, 6.07) is 15.6. The highest BCUT2D eigenvalue weighted by Crippen LogP contribution is 2.36. The zero-order valence-electron chi connectivity index (χ0n) is 21.0. The largest absolute Gasteiger partial charge is 0.491 e. The van der Waals surface area contributed by atoms with Gasteiger partial charge in [0.2, 0.25) is 0 Å². The summed E-state index contributed by atoms with van der Waals surface area (Å²) in [5.41, 5.74) is 4.97. The third-order valence-corrected chi connectivity index (χ3v) is 8.82. The van der Waals surface area contributed by atoms with E-state index >= 15 is 0 Å². The highest BCUT2D eigenvalue weighted by atomic mass is 16.5. The van der Waals surface area contributed by atoms with Gasteiger partial charge in [0.05, 0.1) is 6.10 Å². The smallest absolute Gasteiger partial charge is 0.253 e. The maximum atomic E-state index is 13.2. The van der Waals surface area contributed by atoms with Crippen LogP contribution in [0.3, 0.4) is 0 Å². The number of fused-ring (bicyclic) bond motifs is 4. The molecule has 2 aromatic carbocycles. The summed E-state index contributed by atoms with van der Waals surface area (Å²) in [4.78, 5) is 17.9. The molecule has 2 aliphatic carbocycles. The standard InChI is InChI=1S/C30H38N2O3/c1-31(30(33)23-8-12-28(13-9-23)35-20-29-3-2-14-34-29)27-16-24-7-4-22(15-25(24)17-27)19-32-18-21-5-10-26(32)11-6-21/h4,7-9,12-13,15,21,26-27,29H,2-3,5-6,10-11,14,16-20H2,1H3. The van der Waals surface area contributed by atoms with Crippen molar-refractivity contribution in [3.8, 4) is 5.75 Å². The number of carbonyl (C=O) groups excluding carboxylic acids is 1. The van der Waals surface area contributed by atoms with Crippen LogP contribution in [0, 0.1) is 5.92 Å². The van der Waals surface area contributed by atoms with Gasteiger partial charge in [-0.05, 0) is 98.2 Å². The fraction of sp³-hybridized carbons (Fsp3) is 0.567. The van der Waals surface area contributed by atoms with Crippen LogP contribution in [0.15, 0.2) is 42.5 Å². The van der Waals surface area contributed by atoms with E-state index in [1.54, 1.807) is 0 Å². The summed E-state index contributed by atoms with van der Waals surface area (Å²) in [7, 11) is 1.95. The third kappa shape index (κ3) is 4.99. The zero-order chi connectivity index (χ0) is 23.8. The van der Waals surface area contributed by atoms with Crippen LogP contribution in [0.1, 0.15) is 65.6 Å². The summed E-state index contributed by atoms with van der Waals surface area (Å²) in [5.74, 6) is 1.79. The first-order valence-electron chi connectivity index (χ1n) is 13.6. The fourth-order valence-electron chi connectivity index (χ4n) is 6.65. The SMILES string of the molecule is CN(C(=O)c1ccc(OCC2CCCO2)cc1)C1Cc2ccc(CN3CC4CCC3CC4)cc2C1. The third-order valence-electron chi connectivity index (χ3n) is 8.82. The molecule has 35 heavy (non-hydrogen) atoms. The van der Waals surface area contributed by atoms with Gasteiger partial charge in [0.1, 0.15) is 12.4 Å². The molecule has 2 bridgehead atoms. The Labute approximate surface area is 209 Å². The Morgan fingerprint density at radius 1 is 1.03 bits per heavy atom. The summed E-state index contributed by atoms with van der Waals surface area (Å²) in [6.45, 7) is 3.77. The number of benzene rings is 2. The van der Waals surface area contributed by atoms with Crippen LogP contribution in [0.4, 0.5) is 0 Å². The van der Waals surface area contributed by atoms with Crippen molar-refractivity contribution in [1.29, 1.82) is 0 Å². The average molecular weight is 475 g/mol. The number of rotatable bonds is 7. The van der Waals surface area contributed by atoms with Crippen molar-refractivity contribution < 1.29 is 14.3 Å². The van der Waals surface area contributed by atoms with E-state index in [9.17, 15) is 4.79 Å².